The van der Waals surface area contributed by atoms with Crippen LogP contribution in [0.5, 0.6) is 0 Å². The van der Waals surface area contributed by atoms with Gasteiger partial charge < -0.3 is 5.11 Å². The van der Waals surface area contributed by atoms with Crippen LogP contribution in [-0.4, -0.2) is 11.1 Å². The lowest BCUT2D eigenvalue weighted by atomic mass is 9.72. The highest BCUT2D eigenvalue weighted by atomic mass is 16.4. The molecule has 0 aromatic heterocycles. The molecule has 1 N–H and O–H groups in total. The number of aliphatic carboxylic acids is 1. The van der Waals surface area contributed by atoms with Gasteiger partial charge in [0, 0.05) is 0 Å². The third kappa shape index (κ3) is 2.74. The molecule has 2 aliphatic carbocycles. The zero-order valence-corrected chi connectivity index (χ0v) is 11.1. The van der Waals surface area contributed by atoms with E-state index in [4.69, 9.17) is 0 Å². The summed E-state index contributed by atoms with van der Waals surface area (Å²) in [4.78, 5) is 11.6. The van der Waals surface area contributed by atoms with E-state index in [0.29, 0.717) is 6.42 Å². The first-order valence-corrected chi connectivity index (χ1v) is 6.85. The van der Waals surface area contributed by atoms with Gasteiger partial charge in [0.2, 0.25) is 0 Å². The molecule has 2 aliphatic rings. The van der Waals surface area contributed by atoms with Gasteiger partial charge in [0.1, 0.15) is 0 Å². The second-order valence-electron chi connectivity index (χ2n) is 5.56. The Morgan fingerprint density at radius 3 is 2.67 bits per heavy atom. The SMILES string of the molecule is CC1=C(CC[C@@]2(C(=O)O)CC=CCC2)CC=CC1. The Morgan fingerprint density at radius 1 is 1.28 bits per heavy atom. The van der Waals surface area contributed by atoms with Gasteiger partial charge in [0.25, 0.3) is 0 Å². The summed E-state index contributed by atoms with van der Waals surface area (Å²) in [6.07, 6.45) is 14.7. The Hall–Kier alpha value is -1.31. The van der Waals surface area contributed by atoms with E-state index >= 15 is 0 Å². The van der Waals surface area contributed by atoms with Crippen molar-refractivity contribution in [2.24, 2.45) is 5.41 Å². The van der Waals surface area contributed by atoms with E-state index in [1.165, 1.54) is 11.1 Å². The molecule has 2 rings (SSSR count). The van der Waals surface area contributed by atoms with Crippen LogP contribution in [0, 0.1) is 5.41 Å². The lowest BCUT2D eigenvalue weighted by Gasteiger charge is -2.31. The summed E-state index contributed by atoms with van der Waals surface area (Å²) in [5.74, 6) is -0.614. The van der Waals surface area contributed by atoms with Crippen molar-refractivity contribution in [1.82, 2.24) is 0 Å². The van der Waals surface area contributed by atoms with E-state index in [-0.39, 0.29) is 0 Å². The van der Waals surface area contributed by atoms with Gasteiger partial charge >= 0.3 is 5.97 Å². The van der Waals surface area contributed by atoms with Crippen molar-refractivity contribution < 1.29 is 9.90 Å². The largest absolute Gasteiger partial charge is 0.481 e. The van der Waals surface area contributed by atoms with Crippen LogP contribution in [0.2, 0.25) is 0 Å². The Kier molecular flexibility index (Phi) is 4.05. The standard InChI is InChI=1S/C16H22O2/c1-13-7-3-4-8-14(13)9-12-16(15(17)18)10-5-2-6-11-16/h2-5H,6-12H2,1H3,(H,17,18)/t16-/m1/s1. The molecular formula is C16H22O2. The van der Waals surface area contributed by atoms with E-state index in [1.54, 1.807) is 0 Å². The fourth-order valence-electron chi connectivity index (χ4n) is 2.93. The third-order valence-corrected chi connectivity index (χ3v) is 4.38. The molecule has 0 aromatic carbocycles. The van der Waals surface area contributed by atoms with Crippen LogP contribution >= 0.6 is 0 Å². The summed E-state index contributed by atoms with van der Waals surface area (Å²) in [7, 11) is 0. The average Bonchev–Trinajstić information content (AvgIpc) is 2.39. The number of carbonyl (C=O) groups is 1. The summed E-state index contributed by atoms with van der Waals surface area (Å²) in [5.41, 5.74) is 2.38. The molecule has 1 atom stereocenters. The molecule has 0 saturated heterocycles. The molecule has 2 heteroatoms. The van der Waals surface area contributed by atoms with E-state index in [9.17, 15) is 9.90 Å². The molecule has 0 amide bonds. The molecule has 0 saturated carbocycles. The maximum atomic E-state index is 11.6. The summed E-state index contributed by atoms with van der Waals surface area (Å²) in [6, 6.07) is 0. The van der Waals surface area contributed by atoms with Crippen molar-refractivity contribution >= 4 is 5.97 Å². The summed E-state index contributed by atoms with van der Waals surface area (Å²) < 4.78 is 0. The van der Waals surface area contributed by atoms with Gasteiger partial charge in [-0.25, -0.2) is 0 Å². The molecule has 0 aromatic rings. The highest BCUT2D eigenvalue weighted by molar-refractivity contribution is 5.75. The lowest BCUT2D eigenvalue weighted by Crippen LogP contribution is -2.32. The lowest BCUT2D eigenvalue weighted by molar-refractivity contribution is -0.150. The molecule has 0 radical (unpaired) electrons. The van der Waals surface area contributed by atoms with Gasteiger partial charge in [-0.15, -0.1) is 0 Å². The van der Waals surface area contributed by atoms with Crippen LogP contribution in [0.25, 0.3) is 0 Å². The van der Waals surface area contributed by atoms with Crippen LogP contribution in [-0.2, 0) is 4.79 Å². The summed E-state index contributed by atoms with van der Waals surface area (Å²) in [5, 5.41) is 9.52. The Bertz CT molecular complexity index is 415. The smallest absolute Gasteiger partial charge is 0.309 e. The first-order valence-electron chi connectivity index (χ1n) is 6.85. The Balaban J connectivity index is 2.02. The Morgan fingerprint density at radius 2 is 2.06 bits per heavy atom. The highest BCUT2D eigenvalue weighted by Crippen LogP contribution is 2.39. The zero-order valence-electron chi connectivity index (χ0n) is 11.1. The van der Waals surface area contributed by atoms with E-state index in [1.807, 2.05) is 6.08 Å². The molecule has 0 aliphatic heterocycles. The topological polar surface area (TPSA) is 37.3 Å². The molecule has 0 spiro atoms. The maximum Gasteiger partial charge on any atom is 0.309 e. The number of carboxylic acid groups (broad SMARTS) is 1. The number of carboxylic acids is 1. The van der Waals surface area contributed by atoms with Gasteiger partial charge in [0.05, 0.1) is 5.41 Å². The van der Waals surface area contributed by atoms with Crippen molar-refractivity contribution in [2.75, 3.05) is 0 Å². The van der Waals surface area contributed by atoms with Gasteiger partial charge in [-0.3, -0.25) is 4.79 Å². The Labute approximate surface area is 109 Å². The van der Waals surface area contributed by atoms with Crippen molar-refractivity contribution in [3.63, 3.8) is 0 Å². The molecule has 0 fully saturated rings. The molecule has 0 heterocycles. The molecule has 0 bridgehead atoms. The van der Waals surface area contributed by atoms with Crippen molar-refractivity contribution in [3.05, 3.63) is 35.5 Å². The van der Waals surface area contributed by atoms with Gasteiger partial charge in [-0.2, -0.15) is 0 Å². The normalized spacial score (nSPS) is 27.6. The highest BCUT2D eigenvalue weighted by Gasteiger charge is 2.37. The third-order valence-electron chi connectivity index (χ3n) is 4.38. The average molecular weight is 246 g/mol. The molecule has 98 valence electrons. The maximum absolute atomic E-state index is 11.6. The van der Waals surface area contributed by atoms with Crippen LogP contribution in [0.1, 0.15) is 51.9 Å². The predicted molar refractivity (Wildman–Crippen MR) is 73.4 cm³/mol. The van der Waals surface area contributed by atoms with Gasteiger partial charge in [0.15, 0.2) is 0 Å². The van der Waals surface area contributed by atoms with Crippen LogP contribution in [0.15, 0.2) is 35.5 Å². The minimum atomic E-state index is -0.614. The van der Waals surface area contributed by atoms with Crippen LogP contribution < -0.4 is 0 Å². The molecule has 0 unspecified atom stereocenters. The number of hydrogen-bond donors (Lipinski definition) is 1. The zero-order chi connectivity index (χ0) is 13.0. The van der Waals surface area contributed by atoms with Gasteiger partial charge in [-0.1, -0.05) is 35.5 Å². The van der Waals surface area contributed by atoms with Crippen molar-refractivity contribution in [1.29, 1.82) is 0 Å². The predicted octanol–water partition coefficient (Wildman–Crippen LogP) is 4.24. The number of hydrogen-bond acceptors (Lipinski definition) is 1. The van der Waals surface area contributed by atoms with E-state index in [2.05, 4.69) is 25.2 Å². The first kappa shape index (κ1) is 13.1. The fraction of sp³-hybridized carbons (Fsp3) is 0.562. The van der Waals surface area contributed by atoms with Crippen molar-refractivity contribution in [2.45, 2.75) is 51.9 Å². The number of allylic oxidation sites excluding steroid dienone is 6. The second kappa shape index (κ2) is 5.55. The number of rotatable bonds is 4. The van der Waals surface area contributed by atoms with Crippen LogP contribution in [0.4, 0.5) is 0 Å². The first-order chi connectivity index (χ1) is 8.64. The minimum Gasteiger partial charge on any atom is -0.481 e. The molecular weight excluding hydrogens is 224 g/mol. The van der Waals surface area contributed by atoms with E-state index in [0.717, 1.165) is 38.5 Å². The molecule has 2 nitrogen and oxygen atoms in total. The monoisotopic (exact) mass is 246 g/mol. The minimum absolute atomic E-state index is 0.511. The van der Waals surface area contributed by atoms with Gasteiger partial charge in [-0.05, 0) is 51.9 Å². The quantitative estimate of drug-likeness (QED) is 0.753. The van der Waals surface area contributed by atoms with E-state index < -0.39 is 11.4 Å². The molecule has 18 heavy (non-hydrogen) atoms. The summed E-state index contributed by atoms with van der Waals surface area (Å²) >= 11 is 0. The van der Waals surface area contributed by atoms with Crippen LogP contribution in [0.3, 0.4) is 0 Å². The second-order valence-corrected chi connectivity index (χ2v) is 5.56. The summed E-state index contributed by atoms with van der Waals surface area (Å²) in [6.45, 7) is 2.17. The van der Waals surface area contributed by atoms with Crippen molar-refractivity contribution in [3.8, 4) is 0 Å². The fourth-order valence-corrected chi connectivity index (χ4v) is 2.93.